The average molecular weight is 320 g/mol. The van der Waals surface area contributed by atoms with E-state index in [0.29, 0.717) is 37.8 Å². The van der Waals surface area contributed by atoms with Gasteiger partial charge < -0.3 is 9.80 Å². The zero-order valence-electron chi connectivity index (χ0n) is 13.3. The van der Waals surface area contributed by atoms with Gasteiger partial charge in [-0.1, -0.05) is 37.3 Å². The molecule has 2 rings (SSSR count). The smallest absolute Gasteiger partial charge is 0.232 e. The summed E-state index contributed by atoms with van der Waals surface area (Å²) in [5.74, 6) is 2.21. The minimum Gasteiger partial charge on any atom is -0.339 e. The minimum absolute atomic E-state index is 0.0955. The lowest BCUT2D eigenvalue weighted by atomic mass is 10.0. The summed E-state index contributed by atoms with van der Waals surface area (Å²) in [7, 11) is 0. The maximum atomic E-state index is 12.2. The first-order valence-corrected chi connectivity index (χ1v) is 8.89. The summed E-state index contributed by atoms with van der Waals surface area (Å²) in [5, 5.41) is 0. The lowest BCUT2D eigenvalue weighted by Gasteiger charge is -2.34. The molecule has 0 N–H and O–H groups in total. The zero-order valence-corrected chi connectivity index (χ0v) is 14.1. The number of rotatable bonds is 5. The van der Waals surface area contributed by atoms with Gasteiger partial charge in [-0.15, -0.1) is 0 Å². The van der Waals surface area contributed by atoms with Crippen molar-refractivity contribution in [2.24, 2.45) is 0 Å². The molecule has 0 radical (unpaired) electrons. The molecule has 120 valence electrons. The average Bonchev–Trinajstić information content (AvgIpc) is 2.55. The zero-order chi connectivity index (χ0) is 15.9. The van der Waals surface area contributed by atoms with Crippen LogP contribution >= 0.6 is 11.8 Å². The second-order valence-electron chi connectivity index (χ2n) is 5.71. The van der Waals surface area contributed by atoms with Crippen molar-refractivity contribution >= 4 is 23.6 Å². The molecule has 0 bridgehead atoms. The predicted molar refractivity (Wildman–Crippen MR) is 91.0 cm³/mol. The lowest BCUT2D eigenvalue weighted by molar-refractivity contribution is -0.136. The van der Waals surface area contributed by atoms with Gasteiger partial charge >= 0.3 is 0 Å². The van der Waals surface area contributed by atoms with E-state index in [4.69, 9.17) is 0 Å². The lowest BCUT2D eigenvalue weighted by Crippen LogP contribution is -2.50. The number of hydrogen-bond donors (Lipinski definition) is 0. The first-order chi connectivity index (χ1) is 10.6. The van der Waals surface area contributed by atoms with E-state index in [1.54, 1.807) is 23.6 Å². The number of hydrogen-bond acceptors (Lipinski definition) is 3. The quantitative estimate of drug-likeness (QED) is 0.835. The molecule has 1 aromatic carbocycles. The predicted octanol–water partition coefficient (Wildman–Crippen LogP) is 2.21. The molecule has 4 nitrogen and oxygen atoms in total. The monoisotopic (exact) mass is 320 g/mol. The number of benzene rings is 1. The van der Waals surface area contributed by atoms with Crippen molar-refractivity contribution in [3.63, 3.8) is 0 Å². The third-order valence-electron chi connectivity index (χ3n) is 4.04. The van der Waals surface area contributed by atoms with Crippen molar-refractivity contribution in [1.29, 1.82) is 0 Å². The van der Waals surface area contributed by atoms with E-state index < -0.39 is 0 Å². The molecule has 2 amide bonds. The van der Waals surface area contributed by atoms with Crippen molar-refractivity contribution in [2.75, 3.05) is 37.7 Å². The van der Waals surface area contributed by atoms with Gasteiger partial charge in [0.25, 0.3) is 0 Å². The number of amides is 2. The highest BCUT2D eigenvalue weighted by molar-refractivity contribution is 7.99. The maximum Gasteiger partial charge on any atom is 0.232 e. The van der Waals surface area contributed by atoms with Crippen LogP contribution < -0.4 is 0 Å². The molecular formula is C17H24N2O2S. The van der Waals surface area contributed by atoms with Crippen LogP contribution in [0.2, 0.25) is 0 Å². The summed E-state index contributed by atoms with van der Waals surface area (Å²) in [5.41, 5.74) is 1.32. The van der Waals surface area contributed by atoms with E-state index in [1.165, 1.54) is 5.56 Å². The molecule has 1 atom stereocenters. The van der Waals surface area contributed by atoms with Crippen LogP contribution in [0.25, 0.3) is 0 Å². The number of nitrogens with zero attached hydrogens (tertiary/aromatic N) is 2. The molecule has 1 saturated heterocycles. The van der Waals surface area contributed by atoms with Crippen LogP contribution in [-0.4, -0.2) is 59.3 Å². The van der Waals surface area contributed by atoms with Crippen LogP contribution in [0.4, 0.5) is 0 Å². The summed E-state index contributed by atoms with van der Waals surface area (Å²) in [4.78, 5) is 27.1. The number of thioether (sulfide) groups is 1. The molecule has 5 heteroatoms. The maximum absolute atomic E-state index is 12.2. The van der Waals surface area contributed by atoms with Crippen molar-refractivity contribution in [3.05, 3.63) is 35.9 Å². The Morgan fingerprint density at radius 1 is 1.09 bits per heavy atom. The van der Waals surface area contributed by atoms with E-state index in [0.717, 1.165) is 5.75 Å². The Labute approximate surface area is 136 Å². The summed E-state index contributed by atoms with van der Waals surface area (Å²) in [6, 6.07) is 10.4. The Morgan fingerprint density at radius 2 is 1.68 bits per heavy atom. The Kier molecular flexibility index (Phi) is 6.31. The second-order valence-corrected chi connectivity index (χ2v) is 6.74. The molecule has 0 aliphatic carbocycles. The summed E-state index contributed by atoms with van der Waals surface area (Å²) in [6.45, 7) is 6.41. The SMILES string of the molecule is CC(=O)N1CCN(C(=O)CSCC(C)c2ccccc2)CC1. The van der Waals surface area contributed by atoms with Crippen LogP contribution in [0.5, 0.6) is 0 Å². The highest BCUT2D eigenvalue weighted by atomic mass is 32.2. The summed E-state index contributed by atoms with van der Waals surface area (Å²) >= 11 is 1.69. The normalized spacial score (nSPS) is 16.5. The van der Waals surface area contributed by atoms with Crippen LogP contribution in [0.1, 0.15) is 25.3 Å². The van der Waals surface area contributed by atoms with Gasteiger partial charge in [0.05, 0.1) is 5.75 Å². The number of carbonyl (C=O) groups excluding carboxylic acids is 2. The van der Waals surface area contributed by atoms with Gasteiger partial charge in [-0.05, 0) is 11.5 Å². The van der Waals surface area contributed by atoms with E-state index in [9.17, 15) is 9.59 Å². The molecular weight excluding hydrogens is 296 g/mol. The van der Waals surface area contributed by atoms with Crippen LogP contribution in [0, 0.1) is 0 Å². The largest absolute Gasteiger partial charge is 0.339 e. The van der Waals surface area contributed by atoms with Gasteiger partial charge in [-0.25, -0.2) is 0 Å². The fourth-order valence-corrected chi connectivity index (χ4v) is 3.58. The fraction of sp³-hybridized carbons (Fsp3) is 0.529. The van der Waals surface area contributed by atoms with Gasteiger partial charge in [0.15, 0.2) is 0 Å². The molecule has 1 fully saturated rings. The number of carbonyl (C=O) groups is 2. The van der Waals surface area contributed by atoms with Gasteiger partial charge in [-0.3, -0.25) is 9.59 Å². The molecule has 1 aliphatic rings. The van der Waals surface area contributed by atoms with Crippen LogP contribution in [0.15, 0.2) is 30.3 Å². The Hall–Kier alpha value is -1.49. The van der Waals surface area contributed by atoms with E-state index in [1.807, 2.05) is 11.0 Å². The van der Waals surface area contributed by atoms with Crippen molar-refractivity contribution in [1.82, 2.24) is 9.80 Å². The van der Waals surface area contributed by atoms with Crippen LogP contribution in [0.3, 0.4) is 0 Å². The van der Waals surface area contributed by atoms with Gasteiger partial charge in [-0.2, -0.15) is 11.8 Å². The molecule has 1 unspecified atom stereocenters. The third kappa shape index (κ3) is 4.77. The topological polar surface area (TPSA) is 40.6 Å². The van der Waals surface area contributed by atoms with Crippen molar-refractivity contribution in [2.45, 2.75) is 19.8 Å². The molecule has 1 aromatic rings. The van der Waals surface area contributed by atoms with E-state index in [-0.39, 0.29) is 11.8 Å². The van der Waals surface area contributed by atoms with Gasteiger partial charge in [0.2, 0.25) is 11.8 Å². The summed E-state index contributed by atoms with van der Waals surface area (Å²) in [6.07, 6.45) is 0. The molecule has 1 heterocycles. The molecule has 0 saturated carbocycles. The Morgan fingerprint density at radius 3 is 2.27 bits per heavy atom. The van der Waals surface area contributed by atoms with E-state index >= 15 is 0 Å². The summed E-state index contributed by atoms with van der Waals surface area (Å²) < 4.78 is 0. The fourth-order valence-electron chi connectivity index (χ4n) is 2.56. The minimum atomic E-state index is 0.0955. The van der Waals surface area contributed by atoms with Crippen molar-refractivity contribution < 1.29 is 9.59 Å². The standard InChI is InChI=1S/C17H24N2O2S/c1-14(16-6-4-3-5-7-16)12-22-13-17(21)19-10-8-18(9-11-19)15(2)20/h3-7,14H,8-13H2,1-2H3. The molecule has 0 aromatic heterocycles. The van der Waals surface area contributed by atoms with E-state index in [2.05, 4.69) is 31.2 Å². The Bertz CT molecular complexity index is 499. The van der Waals surface area contributed by atoms with Gasteiger partial charge in [0, 0.05) is 38.9 Å². The van der Waals surface area contributed by atoms with Crippen LogP contribution in [-0.2, 0) is 9.59 Å². The second kappa shape index (κ2) is 8.22. The molecule has 22 heavy (non-hydrogen) atoms. The highest BCUT2D eigenvalue weighted by Crippen LogP contribution is 2.20. The third-order valence-corrected chi connectivity index (χ3v) is 5.23. The Balaban J connectivity index is 1.69. The molecule has 0 spiro atoms. The highest BCUT2D eigenvalue weighted by Gasteiger charge is 2.22. The first kappa shape index (κ1) is 16.9. The van der Waals surface area contributed by atoms with Gasteiger partial charge in [0.1, 0.15) is 0 Å². The first-order valence-electron chi connectivity index (χ1n) is 7.74. The van der Waals surface area contributed by atoms with Crippen molar-refractivity contribution in [3.8, 4) is 0 Å². The number of piperazine rings is 1. The molecule has 1 aliphatic heterocycles.